The lowest BCUT2D eigenvalue weighted by molar-refractivity contribution is -0.295. The summed E-state index contributed by atoms with van der Waals surface area (Å²) in [6.07, 6.45) is -1.11. The van der Waals surface area contributed by atoms with Crippen LogP contribution in [0.15, 0.2) is 103 Å². The first-order chi connectivity index (χ1) is 18.1. The number of ketones is 1. The van der Waals surface area contributed by atoms with E-state index in [1.54, 1.807) is 0 Å². The zero-order valence-corrected chi connectivity index (χ0v) is 20.3. The highest BCUT2D eigenvalue weighted by molar-refractivity contribution is 5.97. The fraction of sp³-hybridized carbons (Fsp3) is 0.300. The van der Waals surface area contributed by atoms with Crippen LogP contribution in [0.2, 0.25) is 0 Å². The van der Waals surface area contributed by atoms with Crippen LogP contribution in [0.4, 0.5) is 0 Å². The third kappa shape index (κ3) is 6.05. The first-order valence-corrected chi connectivity index (χ1v) is 12.3. The Hall–Kier alpha value is -3.17. The summed E-state index contributed by atoms with van der Waals surface area (Å²) >= 11 is 0. The third-order valence-electron chi connectivity index (χ3n) is 6.37. The summed E-state index contributed by atoms with van der Waals surface area (Å²) in [7, 11) is 0. The average molecular weight is 503 g/mol. The number of ether oxygens (including phenoxy) is 5. The molecule has 0 bridgehead atoms. The van der Waals surface area contributed by atoms with Crippen molar-refractivity contribution in [1.29, 1.82) is 0 Å². The van der Waals surface area contributed by atoms with Gasteiger partial charge in [0, 0.05) is 0 Å². The maximum Gasteiger partial charge on any atom is 0.265 e. The predicted molar refractivity (Wildman–Crippen MR) is 135 cm³/mol. The van der Waals surface area contributed by atoms with E-state index in [0.717, 1.165) is 16.7 Å². The van der Waals surface area contributed by atoms with Crippen molar-refractivity contribution >= 4 is 5.78 Å². The highest BCUT2D eigenvalue weighted by Crippen LogP contribution is 2.41. The molecule has 0 saturated carbocycles. The van der Waals surface area contributed by atoms with Gasteiger partial charge < -0.3 is 28.8 Å². The second kappa shape index (κ2) is 11.9. The molecule has 1 N–H and O–H groups in total. The number of hydrogen-bond donors (Lipinski definition) is 1. The fourth-order valence-electron chi connectivity index (χ4n) is 4.55. The highest BCUT2D eigenvalue weighted by Gasteiger charge is 2.63. The number of aliphatic hydroxyl groups is 1. The lowest BCUT2D eigenvalue weighted by atomic mass is 9.98. The second-order valence-corrected chi connectivity index (χ2v) is 9.03. The first kappa shape index (κ1) is 25.5. The summed E-state index contributed by atoms with van der Waals surface area (Å²) in [4.78, 5) is 13.2. The zero-order valence-electron chi connectivity index (χ0n) is 20.3. The van der Waals surface area contributed by atoms with Crippen molar-refractivity contribution in [3.63, 3.8) is 0 Å². The maximum absolute atomic E-state index is 13.2. The minimum Gasteiger partial charge on any atom is -0.374 e. The van der Waals surface area contributed by atoms with E-state index >= 15 is 0 Å². The van der Waals surface area contributed by atoms with E-state index < -0.39 is 36.2 Å². The van der Waals surface area contributed by atoms with Gasteiger partial charge in [-0.15, -0.1) is 0 Å². The van der Waals surface area contributed by atoms with Crippen LogP contribution in [0.25, 0.3) is 0 Å². The molecular formula is C30H30O7. The molecule has 3 aromatic carbocycles. The molecule has 0 aromatic heterocycles. The summed E-state index contributed by atoms with van der Waals surface area (Å²) in [6, 6.07) is 29.1. The van der Waals surface area contributed by atoms with Gasteiger partial charge in [-0.3, -0.25) is 4.79 Å². The standard InChI is InChI=1S/C30H30O7/c31-26-16-17-27(32)37-30(26)29(35-20-24-14-8-3-9-15-24)28(34-19-23-12-6-2-7-13-23)25(36-30)21-33-18-22-10-4-1-5-11-22/h1-17,25,27-29,32H,18-21H2/t25-,27-,28-,29-,30-/m1/s1. The number of rotatable bonds is 10. The number of hydrogen-bond acceptors (Lipinski definition) is 7. The van der Waals surface area contributed by atoms with Gasteiger partial charge in [0.15, 0.2) is 6.29 Å². The molecule has 1 fully saturated rings. The van der Waals surface area contributed by atoms with E-state index in [-0.39, 0.29) is 19.8 Å². The van der Waals surface area contributed by atoms with Crippen LogP contribution in [0.1, 0.15) is 16.7 Å². The van der Waals surface area contributed by atoms with Crippen molar-refractivity contribution in [2.24, 2.45) is 0 Å². The molecule has 1 spiro atoms. The van der Waals surface area contributed by atoms with Crippen molar-refractivity contribution in [1.82, 2.24) is 0 Å². The van der Waals surface area contributed by atoms with Crippen LogP contribution in [-0.2, 0) is 48.3 Å². The Bertz CT molecular complexity index is 1170. The summed E-state index contributed by atoms with van der Waals surface area (Å²) in [5.41, 5.74) is 2.89. The topological polar surface area (TPSA) is 83.5 Å². The number of benzene rings is 3. The van der Waals surface area contributed by atoms with Gasteiger partial charge in [0.05, 0.1) is 26.4 Å². The van der Waals surface area contributed by atoms with Gasteiger partial charge in [0.2, 0.25) is 5.78 Å². The number of carbonyl (C=O) groups is 1. The van der Waals surface area contributed by atoms with Gasteiger partial charge in [-0.2, -0.15) is 0 Å². The van der Waals surface area contributed by atoms with Gasteiger partial charge in [0.25, 0.3) is 5.79 Å². The number of carbonyl (C=O) groups excluding carboxylic acids is 1. The van der Waals surface area contributed by atoms with Crippen molar-refractivity contribution in [2.45, 2.75) is 50.2 Å². The first-order valence-electron chi connectivity index (χ1n) is 12.3. The van der Waals surface area contributed by atoms with Crippen LogP contribution < -0.4 is 0 Å². The smallest absolute Gasteiger partial charge is 0.265 e. The second-order valence-electron chi connectivity index (χ2n) is 9.03. The molecule has 192 valence electrons. The Morgan fingerprint density at radius 1 is 0.730 bits per heavy atom. The van der Waals surface area contributed by atoms with Crippen LogP contribution in [-0.4, -0.2) is 47.9 Å². The summed E-state index contributed by atoms with van der Waals surface area (Å²) in [6.45, 7) is 0.984. The molecule has 5 rings (SSSR count). The molecule has 3 aromatic rings. The third-order valence-corrected chi connectivity index (χ3v) is 6.37. The average Bonchev–Trinajstić information content (AvgIpc) is 3.22. The molecule has 37 heavy (non-hydrogen) atoms. The van der Waals surface area contributed by atoms with Gasteiger partial charge in [0.1, 0.15) is 18.3 Å². The van der Waals surface area contributed by atoms with Gasteiger partial charge in [-0.25, -0.2) is 0 Å². The van der Waals surface area contributed by atoms with E-state index in [1.807, 2.05) is 91.0 Å². The van der Waals surface area contributed by atoms with E-state index in [1.165, 1.54) is 12.2 Å². The lowest BCUT2D eigenvalue weighted by Gasteiger charge is -2.36. The van der Waals surface area contributed by atoms with Crippen molar-refractivity contribution < 1.29 is 33.6 Å². The van der Waals surface area contributed by atoms with E-state index in [9.17, 15) is 9.90 Å². The quantitative estimate of drug-likeness (QED) is 0.450. The molecule has 1 saturated heterocycles. The minimum absolute atomic E-state index is 0.137. The SMILES string of the molecule is O=C1C=C[C@H](O)O[C@]12O[C@H](COCc1ccccc1)[C@@H](OCc1ccccc1)[C@H]2OCc1ccccc1. The Kier molecular flexibility index (Phi) is 8.21. The Balaban J connectivity index is 1.40. The summed E-state index contributed by atoms with van der Waals surface area (Å²) < 4.78 is 30.7. The van der Waals surface area contributed by atoms with E-state index in [4.69, 9.17) is 23.7 Å². The largest absolute Gasteiger partial charge is 0.374 e. The normalized spacial score (nSPS) is 27.1. The van der Waals surface area contributed by atoms with E-state index in [0.29, 0.717) is 6.61 Å². The highest BCUT2D eigenvalue weighted by atomic mass is 16.8. The van der Waals surface area contributed by atoms with Crippen molar-refractivity contribution in [3.8, 4) is 0 Å². The van der Waals surface area contributed by atoms with Crippen LogP contribution in [0, 0.1) is 0 Å². The number of aliphatic hydroxyl groups excluding tert-OH is 1. The van der Waals surface area contributed by atoms with Gasteiger partial charge in [-0.05, 0) is 28.8 Å². The molecule has 0 amide bonds. The van der Waals surface area contributed by atoms with E-state index in [2.05, 4.69) is 0 Å². The Morgan fingerprint density at radius 2 is 1.27 bits per heavy atom. The Labute approximate surface area is 216 Å². The molecule has 0 radical (unpaired) electrons. The Morgan fingerprint density at radius 3 is 1.86 bits per heavy atom. The molecule has 2 heterocycles. The van der Waals surface area contributed by atoms with Crippen LogP contribution in [0.5, 0.6) is 0 Å². The molecule has 5 atom stereocenters. The zero-order chi connectivity index (χ0) is 25.5. The summed E-state index contributed by atoms with van der Waals surface area (Å²) in [5.74, 6) is -2.31. The monoisotopic (exact) mass is 502 g/mol. The summed E-state index contributed by atoms with van der Waals surface area (Å²) in [5, 5.41) is 10.3. The maximum atomic E-state index is 13.2. The van der Waals surface area contributed by atoms with Gasteiger partial charge in [-0.1, -0.05) is 91.0 Å². The molecule has 0 aliphatic carbocycles. The minimum atomic E-state index is -1.86. The predicted octanol–water partition coefficient (Wildman–Crippen LogP) is 3.94. The van der Waals surface area contributed by atoms with Crippen molar-refractivity contribution in [2.75, 3.05) is 6.61 Å². The molecule has 2 aliphatic heterocycles. The van der Waals surface area contributed by atoms with Crippen LogP contribution >= 0.6 is 0 Å². The molecule has 0 unspecified atom stereocenters. The van der Waals surface area contributed by atoms with Crippen molar-refractivity contribution in [3.05, 3.63) is 120 Å². The molecular weight excluding hydrogens is 472 g/mol. The fourth-order valence-corrected chi connectivity index (χ4v) is 4.55. The van der Waals surface area contributed by atoms with Crippen LogP contribution in [0.3, 0.4) is 0 Å². The van der Waals surface area contributed by atoms with Gasteiger partial charge >= 0.3 is 0 Å². The molecule has 7 nitrogen and oxygen atoms in total. The molecule has 2 aliphatic rings. The molecule has 7 heteroatoms. The lowest BCUT2D eigenvalue weighted by Crippen LogP contribution is -2.56.